The Labute approximate surface area is 681 Å². The lowest BCUT2D eigenvalue weighted by Gasteiger charge is -2.44. The number of ketones is 5. The Kier molecular flexibility index (Phi) is 34.7. The number of aromatic hydroxyl groups is 6. The fourth-order valence-electron chi connectivity index (χ4n) is 10.4. The molecule has 11 rings (SSSR count). The molecule has 10 aromatic rings. The van der Waals surface area contributed by atoms with E-state index < -0.39 is 44.1 Å². The first-order chi connectivity index (χ1) is 54.0. The maximum absolute atomic E-state index is 12.4. The van der Waals surface area contributed by atoms with Gasteiger partial charge < -0.3 is 71.0 Å². The van der Waals surface area contributed by atoms with E-state index in [0.29, 0.717) is 35.9 Å². The number of halogens is 2. The van der Waals surface area contributed by atoms with Crippen molar-refractivity contribution in [2.24, 2.45) is 40.9 Å². The molecule has 1 aliphatic rings. The first-order valence-corrected chi connectivity index (χ1v) is 37.9. The lowest BCUT2D eigenvalue weighted by Crippen LogP contribution is -2.49. The number of ether oxygens (including phenoxy) is 3. The number of para-hydroxylation sites is 7. The van der Waals surface area contributed by atoms with Gasteiger partial charge in [-0.15, -0.1) is 0 Å². The van der Waals surface area contributed by atoms with E-state index in [0.717, 1.165) is 20.8 Å². The van der Waals surface area contributed by atoms with E-state index in [1.807, 2.05) is 64.1 Å². The number of esters is 1. The number of nitrogens with zero attached hydrogens (tertiary/aromatic N) is 1. The number of hydrogen-bond donors (Lipinski definition) is 10. The quantitative estimate of drug-likeness (QED) is 0.00415. The second-order valence-corrected chi connectivity index (χ2v) is 30.0. The number of furan rings is 1. The van der Waals surface area contributed by atoms with Crippen molar-refractivity contribution in [1.29, 1.82) is 0 Å². The van der Waals surface area contributed by atoms with E-state index in [-0.39, 0.29) is 168 Å². The van der Waals surface area contributed by atoms with Crippen molar-refractivity contribution < 1.29 is 83.0 Å². The topological polar surface area (TPSA) is 438 Å². The molecule has 0 spiro atoms. The van der Waals surface area contributed by atoms with E-state index in [4.69, 9.17) is 29.5 Å². The number of rotatable bonds is 23. The summed E-state index contributed by atoms with van der Waals surface area (Å²) >= 11 is 6.44. The molecule has 0 amide bonds. The van der Waals surface area contributed by atoms with Crippen LogP contribution in [0, 0.1) is 58.0 Å². The highest BCUT2D eigenvalue weighted by Gasteiger charge is 2.45. The molecule has 1 unspecified atom stereocenters. The second kappa shape index (κ2) is 42.7. The number of phenols is 6. The Bertz CT molecular complexity index is 5230. The Hall–Kier alpha value is -12.1. The lowest BCUT2D eigenvalue weighted by molar-refractivity contribution is -0.385. The average molecular weight is 1710 g/mol. The molecule has 1 fully saturated rings. The molecule has 0 aliphatic carbocycles. The minimum Gasteiger partial charge on any atom is -0.507 e. The van der Waals surface area contributed by atoms with Crippen molar-refractivity contribution in [3.8, 4) is 46.0 Å². The molecule has 1 saturated heterocycles. The number of nitro groups is 1. The van der Waals surface area contributed by atoms with Crippen LogP contribution in [0.2, 0.25) is 0 Å². The van der Waals surface area contributed by atoms with Crippen LogP contribution in [0.4, 0.5) is 39.8 Å². The number of benzene rings is 7. The molecule has 11 N–H and O–H groups in total. The SMILES string of the molecule is CC(C)C(=O)Oc1ccccc1Br.CC(C)C(=O)c1cccc(N)c1O.CC(C)C(=O)c1cccc([N+](=O)[O-])c1O.CC(C)C(=O)c1ccccc1O.CCOc1c(Nc2cccc(C(=O)C(C)C)c2O)c(=O)c1=O.Cc1ccc(C(Nc2c(Nc3cccc(C(=O)C(C)C)c3O)c(=O)c2=O)C2(C)COC2)o1.Oc1ccccc1Br. The van der Waals surface area contributed by atoms with Gasteiger partial charge in [0.15, 0.2) is 34.7 Å². The molecule has 0 bridgehead atoms. The summed E-state index contributed by atoms with van der Waals surface area (Å²) in [4.78, 5) is 128. The van der Waals surface area contributed by atoms with Crippen LogP contribution < -0.4 is 52.9 Å². The predicted octanol–water partition coefficient (Wildman–Crippen LogP) is 17.0. The average Bonchev–Trinajstić information content (AvgIpc) is 1.68. The van der Waals surface area contributed by atoms with Crippen molar-refractivity contribution in [2.45, 2.75) is 110 Å². The number of phenolic OH excluding ortho intramolecular Hbond substituents is 6. The zero-order valence-corrected chi connectivity index (χ0v) is 69.3. The van der Waals surface area contributed by atoms with Crippen LogP contribution in [0.15, 0.2) is 190 Å². The maximum atomic E-state index is 12.4. The molecule has 115 heavy (non-hydrogen) atoms. The van der Waals surface area contributed by atoms with Gasteiger partial charge in [0, 0.05) is 41.1 Å². The maximum Gasteiger partial charge on any atom is 0.313 e. The molecular formula is C86H95Br2N5O22. The van der Waals surface area contributed by atoms with Gasteiger partial charge in [-0.05, 0) is 137 Å². The molecule has 1 aromatic heterocycles. The smallest absolute Gasteiger partial charge is 0.313 e. The van der Waals surface area contributed by atoms with E-state index in [2.05, 4.69) is 47.8 Å². The summed E-state index contributed by atoms with van der Waals surface area (Å²) in [5.74, 6) is -1.20. The summed E-state index contributed by atoms with van der Waals surface area (Å²) in [5.41, 5.74) is 3.71. The van der Waals surface area contributed by atoms with Gasteiger partial charge in [0.25, 0.3) is 21.7 Å². The van der Waals surface area contributed by atoms with Crippen LogP contribution in [-0.2, 0) is 9.53 Å². The molecular weight excluding hydrogens is 1610 g/mol. The van der Waals surface area contributed by atoms with Crippen molar-refractivity contribution >= 4 is 107 Å². The normalized spacial score (nSPS) is 11.9. The largest absolute Gasteiger partial charge is 0.507 e. The molecule has 27 nitrogen and oxygen atoms in total. The number of nitrogens with two attached hydrogens (primary N) is 1. The van der Waals surface area contributed by atoms with Gasteiger partial charge in [0.2, 0.25) is 5.75 Å². The van der Waals surface area contributed by atoms with Gasteiger partial charge in [0.05, 0.1) is 90.5 Å². The van der Waals surface area contributed by atoms with E-state index >= 15 is 0 Å². The number of aryl methyl sites for hydroxylation is 1. The highest BCUT2D eigenvalue weighted by atomic mass is 79.9. The third kappa shape index (κ3) is 24.7. The fraction of sp³-hybridized carbons (Fsp3) is 0.302. The summed E-state index contributed by atoms with van der Waals surface area (Å²) in [7, 11) is 0. The number of Topliss-reactive ketones (excluding diaryl/α,β-unsaturated/α-hetero) is 5. The first kappa shape index (κ1) is 93.5. The minimum absolute atomic E-state index is 0.000741. The fourth-order valence-corrected chi connectivity index (χ4v) is 11.0. The van der Waals surface area contributed by atoms with Gasteiger partial charge in [-0.25, -0.2) is 0 Å². The number of nitrogen functional groups attached to an aromatic ring is 1. The van der Waals surface area contributed by atoms with Gasteiger partial charge in [0.1, 0.15) is 63.1 Å². The van der Waals surface area contributed by atoms with Crippen molar-refractivity contribution in [3.05, 3.63) is 257 Å². The van der Waals surface area contributed by atoms with Gasteiger partial charge in [-0.3, -0.25) is 58.1 Å². The number of hydrogen-bond acceptors (Lipinski definition) is 26. The third-order valence-electron chi connectivity index (χ3n) is 17.1. The van der Waals surface area contributed by atoms with Crippen LogP contribution in [0.25, 0.3) is 0 Å². The standard InChI is InChI=1S/C24H26N2O6.C16H17NO5.C10H11BrO2.C10H11NO4.C10H13NO2.C10H12O2.C6H5BrO/c1-12(2)19(27)14-6-5-7-15(20(14)28)25-17-18(22(30)21(17)29)26-23(24(4)10-31-11-24)16-9-8-13(3)32-16;1-4-22-16-11(14(20)15(16)21)17-10-7-5-6-9(13(10)19)12(18)8(2)3;1-7(2)10(12)13-9-6-4-3-5-8(9)11;1-6(2)9(12)7-4-3-5-8(10(7)13)11(14)15;1-6(2)9(12)7-4-3-5-8(11)10(7)13;1-7(2)10(12)8-5-3-4-6-9(8)11;7-5-3-1-2-4-6(5)8/h5-9,12,23,25-26,28H,10-11H2,1-4H3;5-8,17,19H,4H2,1-3H3;3-7H,1-2H3;3-6,13H,1-2H3;3-6,13H,11H2,1-2H3;3-7,11H,1-2H3;1-4,8H. The summed E-state index contributed by atoms with van der Waals surface area (Å²) in [6, 6.07) is 42.2. The van der Waals surface area contributed by atoms with Crippen LogP contribution in [0.5, 0.6) is 46.0 Å². The van der Waals surface area contributed by atoms with E-state index in [1.54, 1.807) is 155 Å². The molecule has 1 atom stereocenters. The van der Waals surface area contributed by atoms with Crippen LogP contribution >= 0.6 is 31.9 Å². The summed E-state index contributed by atoms with van der Waals surface area (Å²) in [6.45, 7) is 27.8. The second-order valence-electron chi connectivity index (χ2n) is 28.3. The van der Waals surface area contributed by atoms with Crippen molar-refractivity contribution in [3.63, 3.8) is 0 Å². The monoisotopic (exact) mass is 1710 g/mol. The lowest BCUT2D eigenvalue weighted by atomic mass is 9.79. The van der Waals surface area contributed by atoms with Crippen LogP contribution in [-0.4, -0.2) is 90.3 Å². The predicted molar refractivity (Wildman–Crippen MR) is 447 cm³/mol. The third-order valence-corrected chi connectivity index (χ3v) is 18.4. The number of anilines is 6. The van der Waals surface area contributed by atoms with E-state index in [1.165, 1.54) is 36.4 Å². The van der Waals surface area contributed by atoms with E-state index in [9.17, 15) is 83.6 Å². The Morgan fingerprint density at radius 1 is 0.496 bits per heavy atom. The van der Waals surface area contributed by atoms with Gasteiger partial charge in [-0.1, -0.05) is 151 Å². The Morgan fingerprint density at radius 3 is 1.32 bits per heavy atom. The summed E-state index contributed by atoms with van der Waals surface area (Å²) in [5, 5.41) is 77.2. The van der Waals surface area contributed by atoms with Crippen molar-refractivity contribution in [1.82, 2.24) is 0 Å². The Balaban J connectivity index is 0.000000251. The summed E-state index contributed by atoms with van der Waals surface area (Å²) < 4.78 is 22.9. The highest BCUT2D eigenvalue weighted by molar-refractivity contribution is 9.11. The van der Waals surface area contributed by atoms with Gasteiger partial charge >= 0.3 is 11.7 Å². The Morgan fingerprint density at radius 2 is 0.904 bits per heavy atom. The number of carbonyl (C=O) groups is 6. The molecule has 2 heterocycles. The molecule has 0 radical (unpaired) electrons. The zero-order valence-electron chi connectivity index (χ0n) is 66.2. The molecule has 1 aliphatic heterocycles. The minimum atomic E-state index is -0.716. The molecule has 9 aromatic carbocycles. The summed E-state index contributed by atoms with van der Waals surface area (Å²) in [6.07, 6.45) is 0. The molecule has 610 valence electrons. The molecule has 0 saturated carbocycles. The van der Waals surface area contributed by atoms with Gasteiger partial charge in [-0.2, -0.15) is 0 Å². The van der Waals surface area contributed by atoms with Crippen LogP contribution in [0.1, 0.15) is 166 Å². The highest BCUT2D eigenvalue weighted by Crippen LogP contribution is 2.44. The van der Waals surface area contributed by atoms with Crippen molar-refractivity contribution in [2.75, 3.05) is 41.5 Å². The van der Waals surface area contributed by atoms with Crippen LogP contribution in [0.3, 0.4) is 0 Å². The number of nitro benzene ring substituents is 1. The zero-order chi connectivity index (χ0) is 86.2. The first-order valence-electron chi connectivity index (χ1n) is 36.3. The number of nitrogens with one attached hydrogen (secondary N) is 3. The number of carbonyl (C=O) groups excluding carboxylic acids is 6. The molecule has 29 heteroatoms.